The summed E-state index contributed by atoms with van der Waals surface area (Å²) in [5, 5.41) is 7.03. The number of hydrogen-bond donors (Lipinski definition) is 2. The fourth-order valence-corrected chi connectivity index (χ4v) is 5.47. The number of thiazole rings is 1. The van der Waals surface area contributed by atoms with E-state index in [0.717, 1.165) is 41.9 Å². The lowest BCUT2D eigenvalue weighted by Crippen LogP contribution is -2.35. The second-order valence-electron chi connectivity index (χ2n) is 9.02. The first-order valence-electron chi connectivity index (χ1n) is 12.1. The van der Waals surface area contributed by atoms with E-state index in [1.807, 2.05) is 54.6 Å². The highest BCUT2D eigenvalue weighted by atomic mass is 35.5. The lowest BCUT2D eigenvalue weighted by atomic mass is 9.96. The molecule has 2 amide bonds. The topological polar surface area (TPSA) is 87.2 Å². The first kappa shape index (κ1) is 25.1. The van der Waals surface area contributed by atoms with Gasteiger partial charge in [-0.25, -0.2) is 9.97 Å². The van der Waals surface area contributed by atoms with Crippen LogP contribution in [0.2, 0.25) is 5.02 Å². The number of likely N-dealkylation sites (tertiary alicyclic amines) is 1. The van der Waals surface area contributed by atoms with Gasteiger partial charge in [-0.15, -0.1) is 0 Å². The Hall–Kier alpha value is -3.59. The molecule has 0 saturated carbocycles. The average Bonchev–Trinajstić information content (AvgIpc) is 3.33. The number of carbonyl (C=O) groups is 2. The second-order valence-corrected chi connectivity index (χ2v) is 10.5. The standard InChI is InChI=1S/C28H26ClN5O2S/c1-34-14-11-19(12-15-34)27(36)33-28-32-24(20-8-5-9-22(29)16-20)25(37-28)21-10-13-30-23(17-21)31-26(35)18-6-3-2-4-7-18/h2-10,13,16-17,19H,11-12,14-15H2,1H3,(H,30,31,35)(H,32,33,36). The molecule has 0 radical (unpaired) electrons. The fourth-order valence-electron chi connectivity index (χ4n) is 4.30. The summed E-state index contributed by atoms with van der Waals surface area (Å²) in [7, 11) is 2.07. The second kappa shape index (κ2) is 11.2. The summed E-state index contributed by atoms with van der Waals surface area (Å²) in [5.74, 6) is 0.153. The van der Waals surface area contributed by atoms with Crippen LogP contribution < -0.4 is 10.6 Å². The molecule has 5 rings (SSSR count). The molecule has 2 N–H and O–H groups in total. The number of benzene rings is 2. The molecule has 188 valence electrons. The molecule has 4 aromatic rings. The fraction of sp³-hybridized carbons (Fsp3) is 0.214. The summed E-state index contributed by atoms with van der Waals surface area (Å²) in [4.78, 5) is 37.9. The Kier molecular flexibility index (Phi) is 7.60. The van der Waals surface area contributed by atoms with Crippen LogP contribution in [0.1, 0.15) is 23.2 Å². The Morgan fingerprint density at radius 3 is 2.51 bits per heavy atom. The normalized spacial score (nSPS) is 14.3. The van der Waals surface area contributed by atoms with Crippen LogP contribution in [-0.2, 0) is 4.79 Å². The van der Waals surface area contributed by atoms with E-state index in [0.29, 0.717) is 27.2 Å². The maximum Gasteiger partial charge on any atom is 0.256 e. The molecule has 1 aliphatic rings. The van der Waals surface area contributed by atoms with E-state index in [1.54, 1.807) is 18.3 Å². The predicted molar refractivity (Wildman–Crippen MR) is 149 cm³/mol. The molecule has 3 heterocycles. The van der Waals surface area contributed by atoms with Gasteiger partial charge >= 0.3 is 0 Å². The summed E-state index contributed by atoms with van der Waals surface area (Å²) in [6.07, 6.45) is 3.31. The highest BCUT2D eigenvalue weighted by Gasteiger charge is 2.25. The summed E-state index contributed by atoms with van der Waals surface area (Å²) in [6.45, 7) is 1.81. The predicted octanol–water partition coefficient (Wildman–Crippen LogP) is 6.06. The van der Waals surface area contributed by atoms with Crippen molar-refractivity contribution in [2.75, 3.05) is 30.8 Å². The number of nitrogens with zero attached hydrogens (tertiary/aromatic N) is 3. The van der Waals surface area contributed by atoms with E-state index in [9.17, 15) is 9.59 Å². The molecule has 1 fully saturated rings. The van der Waals surface area contributed by atoms with Gasteiger partial charge in [0.1, 0.15) is 5.82 Å². The molecule has 0 unspecified atom stereocenters. The van der Waals surface area contributed by atoms with Crippen LogP contribution in [0, 0.1) is 5.92 Å². The molecule has 0 spiro atoms. The van der Waals surface area contributed by atoms with Crippen molar-refractivity contribution in [1.29, 1.82) is 0 Å². The molecule has 7 nitrogen and oxygen atoms in total. The van der Waals surface area contributed by atoms with Gasteiger partial charge in [-0.2, -0.15) is 0 Å². The molecular formula is C28H26ClN5O2S. The monoisotopic (exact) mass is 531 g/mol. The summed E-state index contributed by atoms with van der Waals surface area (Å²) < 4.78 is 0. The van der Waals surface area contributed by atoms with Crippen molar-refractivity contribution < 1.29 is 9.59 Å². The minimum absolute atomic E-state index is 0.00316. The van der Waals surface area contributed by atoms with E-state index in [4.69, 9.17) is 16.6 Å². The molecule has 9 heteroatoms. The van der Waals surface area contributed by atoms with Crippen LogP contribution >= 0.6 is 22.9 Å². The first-order valence-corrected chi connectivity index (χ1v) is 13.2. The van der Waals surface area contributed by atoms with Gasteiger partial charge in [0.25, 0.3) is 5.91 Å². The molecule has 37 heavy (non-hydrogen) atoms. The largest absolute Gasteiger partial charge is 0.307 e. The van der Waals surface area contributed by atoms with Gasteiger partial charge in [0.2, 0.25) is 5.91 Å². The third-order valence-electron chi connectivity index (χ3n) is 6.34. The van der Waals surface area contributed by atoms with Crippen molar-refractivity contribution in [1.82, 2.24) is 14.9 Å². The number of nitrogens with one attached hydrogen (secondary N) is 2. The van der Waals surface area contributed by atoms with Crippen LogP contribution in [0.15, 0.2) is 72.9 Å². The van der Waals surface area contributed by atoms with Crippen molar-refractivity contribution in [3.05, 3.63) is 83.5 Å². The van der Waals surface area contributed by atoms with Gasteiger partial charge in [0.05, 0.1) is 10.6 Å². The van der Waals surface area contributed by atoms with Crippen LogP contribution in [0.3, 0.4) is 0 Å². The van der Waals surface area contributed by atoms with Crippen LogP contribution in [0.4, 0.5) is 10.9 Å². The number of pyridine rings is 1. The van der Waals surface area contributed by atoms with Gasteiger partial charge in [-0.05, 0) is 74.9 Å². The number of halogens is 1. The molecule has 1 saturated heterocycles. The number of aromatic nitrogens is 2. The van der Waals surface area contributed by atoms with Crippen molar-refractivity contribution in [2.24, 2.45) is 5.92 Å². The highest BCUT2D eigenvalue weighted by Crippen LogP contribution is 2.40. The van der Waals surface area contributed by atoms with Gasteiger partial charge in [0, 0.05) is 28.3 Å². The van der Waals surface area contributed by atoms with E-state index >= 15 is 0 Å². The molecule has 1 aliphatic heterocycles. The quantitative estimate of drug-likeness (QED) is 0.316. The van der Waals surface area contributed by atoms with Crippen molar-refractivity contribution >= 4 is 45.7 Å². The van der Waals surface area contributed by atoms with E-state index in [-0.39, 0.29) is 17.7 Å². The number of piperidine rings is 1. The molecule has 2 aromatic carbocycles. The van der Waals surface area contributed by atoms with Crippen molar-refractivity contribution in [3.63, 3.8) is 0 Å². The molecule has 0 bridgehead atoms. The third kappa shape index (κ3) is 6.05. The number of rotatable bonds is 6. The Morgan fingerprint density at radius 1 is 0.973 bits per heavy atom. The number of anilines is 2. The zero-order valence-corrected chi connectivity index (χ0v) is 21.9. The van der Waals surface area contributed by atoms with E-state index in [1.165, 1.54) is 11.3 Å². The van der Waals surface area contributed by atoms with Gasteiger partial charge in [-0.3, -0.25) is 9.59 Å². The Bertz CT molecular complexity index is 1420. The van der Waals surface area contributed by atoms with Gasteiger partial charge in [0.15, 0.2) is 5.13 Å². The zero-order valence-electron chi connectivity index (χ0n) is 20.3. The smallest absolute Gasteiger partial charge is 0.256 e. The van der Waals surface area contributed by atoms with Crippen molar-refractivity contribution in [3.8, 4) is 21.7 Å². The van der Waals surface area contributed by atoms with E-state index in [2.05, 4.69) is 27.6 Å². The molecule has 2 aromatic heterocycles. The summed E-state index contributed by atoms with van der Waals surface area (Å²) in [5.41, 5.74) is 2.92. The number of amides is 2. The Morgan fingerprint density at radius 2 is 1.76 bits per heavy atom. The molecule has 0 atom stereocenters. The third-order valence-corrected chi connectivity index (χ3v) is 7.60. The number of hydrogen-bond acceptors (Lipinski definition) is 6. The van der Waals surface area contributed by atoms with Crippen molar-refractivity contribution in [2.45, 2.75) is 12.8 Å². The van der Waals surface area contributed by atoms with Crippen LogP contribution in [-0.4, -0.2) is 46.8 Å². The lowest BCUT2D eigenvalue weighted by Gasteiger charge is -2.27. The molecule has 0 aliphatic carbocycles. The maximum absolute atomic E-state index is 13.0. The van der Waals surface area contributed by atoms with Crippen LogP contribution in [0.25, 0.3) is 21.7 Å². The molecular weight excluding hydrogens is 506 g/mol. The minimum Gasteiger partial charge on any atom is -0.307 e. The highest BCUT2D eigenvalue weighted by molar-refractivity contribution is 7.19. The average molecular weight is 532 g/mol. The van der Waals surface area contributed by atoms with Crippen LogP contribution in [0.5, 0.6) is 0 Å². The minimum atomic E-state index is -0.240. The zero-order chi connectivity index (χ0) is 25.8. The van der Waals surface area contributed by atoms with E-state index < -0.39 is 0 Å². The first-order chi connectivity index (χ1) is 18.0. The lowest BCUT2D eigenvalue weighted by molar-refractivity contribution is -0.121. The van der Waals surface area contributed by atoms with Gasteiger partial charge in [-0.1, -0.05) is 53.3 Å². The number of carbonyl (C=O) groups excluding carboxylic acids is 2. The summed E-state index contributed by atoms with van der Waals surface area (Å²) in [6, 6.07) is 20.1. The van der Waals surface area contributed by atoms with Gasteiger partial charge < -0.3 is 15.5 Å². The Labute approximate surface area is 224 Å². The SMILES string of the molecule is CN1CCC(C(=O)Nc2nc(-c3cccc(Cl)c3)c(-c3ccnc(NC(=O)c4ccccc4)c3)s2)CC1. The Balaban J connectivity index is 1.45. The maximum atomic E-state index is 13.0. The summed E-state index contributed by atoms with van der Waals surface area (Å²) >= 11 is 7.68.